The van der Waals surface area contributed by atoms with E-state index in [1.807, 2.05) is 54.3 Å². The van der Waals surface area contributed by atoms with Crippen LogP contribution in [0.15, 0.2) is 89.1 Å². The Morgan fingerprint density at radius 3 is 2.43 bits per heavy atom. The number of thiocarbonyl (C=S) groups is 1. The molecule has 0 aliphatic carbocycles. The Morgan fingerprint density at radius 2 is 1.74 bits per heavy atom. The molecule has 4 aromatic rings. The Kier molecular flexibility index (Phi) is 6.29. The quantitative estimate of drug-likeness (QED) is 0.348. The fourth-order valence-corrected chi connectivity index (χ4v) is 4.43. The first-order valence-electron chi connectivity index (χ1n) is 11.1. The van der Waals surface area contributed by atoms with E-state index in [1.54, 1.807) is 19.2 Å². The van der Waals surface area contributed by atoms with Gasteiger partial charge in [-0.05, 0) is 66.7 Å². The van der Waals surface area contributed by atoms with Crippen molar-refractivity contribution in [3.8, 4) is 17.1 Å². The minimum Gasteiger partial charge on any atom is -0.497 e. The smallest absolute Gasteiger partial charge is 0.258 e. The number of hydrogen-bond acceptors (Lipinski definition) is 5. The Balaban J connectivity index is 1.58. The molecule has 1 aliphatic rings. The van der Waals surface area contributed by atoms with Crippen molar-refractivity contribution in [2.75, 3.05) is 7.11 Å². The second-order valence-electron chi connectivity index (χ2n) is 8.16. The number of methoxy groups -OCH3 is 1. The highest BCUT2D eigenvalue weighted by molar-refractivity contribution is 7.80. The summed E-state index contributed by atoms with van der Waals surface area (Å²) in [6.07, 6.45) is 0. The van der Waals surface area contributed by atoms with Crippen molar-refractivity contribution in [3.05, 3.63) is 107 Å². The van der Waals surface area contributed by atoms with E-state index in [0.29, 0.717) is 28.9 Å². The first-order valence-corrected chi connectivity index (χ1v) is 11.5. The van der Waals surface area contributed by atoms with Crippen LogP contribution in [0.4, 0.5) is 4.39 Å². The van der Waals surface area contributed by atoms with Crippen molar-refractivity contribution in [1.82, 2.24) is 20.4 Å². The zero-order valence-corrected chi connectivity index (χ0v) is 20.1. The van der Waals surface area contributed by atoms with Crippen molar-refractivity contribution >= 4 is 22.9 Å². The van der Waals surface area contributed by atoms with E-state index >= 15 is 0 Å². The average Bonchev–Trinajstić information content (AvgIpc) is 3.37. The highest BCUT2D eigenvalue weighted by Crippen LogP contribution is 2.38. The molecular formula is C27H23FN4O2S. The fourth-order valence-electron chi connectivity index (χ4n) is 4.11. The molecule has 2 heterocycles. The highest BCUT2D eigenvalue weighted by atomic mass is 32.1. The van der Waals surface area contributed by atoms with Crippen LogP contribution in [0.2, 0.25) is 0 Å². The zero-order chi connectivity index (χ0) is 24.4. The second-order valence-corrected chi connectivity index (χ2v) is 8.54. The molecule has 3 aromatic carbocycles. The normalized spacial score (nSPS) is 15.8. The summed E-state index contributed by atoms with van der Waals surface area (Å²) >= 11 is 5.78. The van der Waals surface area contributed by atoms with Gasteiger partial charge in [-0.15, -0.1) is 0 Å². The van der Waals surface area contributed by atoms with Gasteiger partial charge in [0.15, 0.2) is 5.11 Å². The van der Waals surface area contributed by atoms with Crippen molar-refractivity contribution in [2.24, 2.45) is 0 Å². The van der Waals surface area contributed by atoms with Crippen LogP contribution in [-0.4, -0.2) is 27.3 Å². The Bertz CT molecular complexity index is 1370. The molecule has 0 saturated carbocycles. The van der Waals surface area contributed by atoms with E-state index in [1.165, 1.54) is 12.1 Å². The van der Waals surface area contributed by atoms with Gasteiger partial charge in [-0.25, -0.2) is 4.39 Å². The summed E-state index contributed by atoms with van der Waals surface area (Å²) in [6.45, 7) is 2.60. The van der Waals surface area contributed by atoms with Gasteiger partial charge >= 0.3 is 0 Å². The third-order valence-corrected chi connectivity index (χ3v) is 6.33. The Morgan fingerprint density at radius 1 is 1.03 bits per heavy atom. The van der Waals surface area contributed by atoms with E-state index in [-0.39, 0.29) is 11.9 Å². The van der Waals surface area contributed by atoms with Crippen LogP contribution in [0.1, 0.15) is 30.0 Å². The molecule has 35 heavy (non-hydrogen) atoms. The van der Waals surface area contributed by atoms with Crippen LogP contribution in [0.3, 0.4) is 0 Å². The molecule has 1 unspecified atom stereocenters. The van der Waals surface area contributed by atoms with E-state index in [9.17, 15) is 4.39 Å². The van der Waals surface area contributed by atoms with E-state index in [0.717, 1.165) is 28.1 Å². The molecule has 8 heteroatoms. The summed E-state index contributed by atoms with van der Waals surface area (Å²) in [6, 6.07) is 23.6. The zero-order valence-electron chi connectivity index (χ0n) is 19.2. The van der Waals surface area contributed by atoms with Crippen LogP contribution in [0, 0.1) is 5.82 Å². The first kappa shape index (κ1) is 22.7. The van der Waals surface area contributed by atoms with Gasteiger partial charge < -0.3 is 19.5 Å². The number of halogens is 1. The van der Waals surface area contributed by atoms with Gasteiger partial charge in [0, 0.05) is 17.8 Å². The molecule has 1 N–H and O–H groups in total. The van der Waals surface area contributed by atoms with Crippen molar-refractivity contribution in [1.29, 1.82) is 0 Å². The van der Waals surface area contributed by atoms with Crippen LogP contribution < -0.4 is 10.1 Å². The number of nitrogens with one attached hydrogen (secondary N) is 1. The van der Waals surface area contributed by atoms with Crippen molar-refractivity contribution < 1.29 is 13.7 Å². The monoisotopic (exact) mass is 486 g/mol. The number of aromatic nitrogens is 2. The summed E-state index contributed by atoms with van der Waals surface area (Å²) in [5, 5.41) is 8.23. The van der Waals surface area contributed by atoms with Crippen LogP contribution in [-0.2, 0) is 6.54 Å². The van der Waals surface area contributed by atoms with Gasteiger partial charge in [0.2, 0.25) is 5.82 Å². The third kappa shape index (κ3) is 4.65. The van der Waals surface area contributed by atoms with Gasteiger partial charge in [0.25, 0.3) is 5.89 Å². The predicted molar refractivity (Wildman–Crippen MR) is 136 cm³/mol. The molecule has 0 fully saturated rings. The summed E-state index contributed by atoms with van der Waals surface area (Å²) in [4.78, 5) is 6.70. The SMILES string of the molecule is COc1ccc(C2NC(=S)N(Cc3ccccc3)C(C)=C2c2nc(-c3ccc(F)cc3)no2)cc1. The van der Waals surface area contributed by atoms with Crippen LogP contribution >= 0.6 is 12.2 Å². The van der Waals surface area contributed by atoms with Gasteiger partial charge in [0.05, 0.1) is 18.7 Å². The molecule has 5 rings (SSSR count). The van der Waals surface area contributed by atoms with Crippen LogP contribution in [0.25, 0.3) is 17.0 Å². The summed E-state index contributed by atoms with van der Waals surface area (Å²) < 4.78 is 24.5. The number of allylic oxidation sites excluding steroid dienone is 1. The van der Waals surface area contributed by atoms with E-state index in [2.05, 4.69) is 27.6 Å². The average molecular weight is 487 g/mol. The molecule has 0 amide bonds. The number of rotatable bonds is 6. The molecule has 1 atom stereocenters. The second kappa shape index (κ2) is 9.68. The Labute approximate surface area is 208 Å². The molecule has 6 nitrogen and oxygen atoms in total. The standard InChI is InChI=1S/C27H23FN4O2S/c1-17-23(26-30-25(31-34-26)20-8-12-21(28)13-9-20)24(19-10-14-22(33-2)15-11-19)29-27(35)32(17)16-18-6-4-3-5-7-18/h3-15,24H,16H2,1-2H3,(H,29,35). The first-order chi connectivity index (χ1) is 17.0. The lowest BCUT2D eigenvalue weighted by Gasteiger charge is -2.37. The van der Waals surface area contributed by atoms with Crippen molar-refractivity contribution in [3.63, 3.8) is 0 Å². The molecule has 1 aromatic heterocycles. The number of benzene rings is 3. The third-order valence-electron chi connectivity index (χ3n) is 5.99. The molecule has 0 saturated heterocycles. The molecule has 176 valence electrons. The lowest BCUT2D eigenvalue weighted by atomic mass is 9.94. The summed E-state index contributed by atoms with van der Waals surface area (Å²) in [5.41, 5.74) is 4.49. The van der Waals surface area contributed by atoms with Gasteiger partial charge in [-0.2, -0.15) is 4.98 Å². The van der Waals surface area contributed by atoms with Gasteiger partial charge in [-0.1, -0.05) is 47.6 Å². The maximum absolute atomic E-state index is 13.4. The maximum atomic E-state index is 13.4. The topological polar surface area (TPSA) is 63.4 Å². The molecule has 0 radical (unpaired) electrons. The van der Waals surface area contributed by atoms with Crippen molar-refractivity contribution in [2.45, 2.75) is 19.5 Å². The predicted octanol–water partition coefficient (Wildman–Crippen LogP) is 5.75. The highest BCUT2D eigenvalue weighted by Gasteiger charge is 2.34. The number of hydrogen-bond donors (Lipinski definition) is 1. The number of nitrogens with zero attached hydrogens (tertiary/aromatic N) is 3. The van der Waals surface area contributed by atoms with Crippen LogP contribution in [0.5, 0.6) is 5.75 Å². The lowest BCUT2D eigenvalue weighted by Crippen LogP contribution is -2.45. The largest absolute Gasteiger partial charge is 0.497 e. The lowest BCUT2D eigenvalue weighted by molar-refractivity contribution is 0.396. The minimum atomic E-state index is -0.322. The molecule has 0 bridgehead atoms. The molecular weight excluding hydrogens is 463 g/mol. The maximum Gasteiger partial charge on any atom is 0.258 e. The fraction of sp³-hybridized carbons (Fsp3) is 0.148. The summed E-state index contributed by atoms with van der Waals surface area (Å²) in [5.74, 6) is 1.20. The number of ether oxygens (including phenoxy) is 1. The van der Waals surface area contributed by atoms with Gasteiger partial charge in [0.1, 0.15) is 11.6 Å². The van der Waals surface area contributed by atoms with Gasteiger partial charge in [-0.3, -0.25) is 0 Å². The summed E-state index contributed by atoms with van der Waals surface area (Å²) in [7, 11) is 1.63. The molecule has 1 aliphatic heterocycles. The Hall–Kier alpha value is -4.04. The minimum absolute atomic E-state index is 0.304. The van der Waals surface area contributed by atoms with E-state index < -0.39 is 0 Å². The molecule has 0 spiro atoms. The van der Waals surface area contributed by atoms with E-state index in [4.69, 9.17) is 21.5 Å².